The van der Waals surface area contributed by atoms with Crippen molar-refractivity contribution in [1.82, 2.24) is 15.1 Å². The van der Waals surface area contributed by atoms with Crippen LogP contribution in [0.5, 0.6) is 0 Å². The van der Waals surface area contributed by atoms with E-state index in [9.17, 15) is 0 Å². The van der Waals surface area contributed by atoms with Crippen LogP contribution in [-0.2, 0) is 18.2 Å². The Kier molecular flexibility index (Phi) is 6.58. The molecule has 0 aliphatic carbocycles. The van der Waals surface area contributed by atoms with E-state index in [4.69, 9.17) is 4.74 Å². The predicted molar refractivity (Wildman–Crippen MR) is 70.2 cm³/mol. The molecule has 0 fully saturated rings. The maximum atomic E-state index is 4.95. The van der Waals surface area contributed by atoms with Gasteiger partial charge in [0.25, 0.3) is 0 Å². The fourth-order valence-corrected chi connectivity index (χ4v) is 1.66. The molecule has 17 heavy (non-hydrogen) atoms. The maximum absolute atomic E-state index is 4.95. The largest absolute Gasteiger partial charge is 0.383 e. The molecule has 96 valence electrons. The van der Waals surface area contributed by atoms with Crippen molar-refractivity contribution in [3.8, 4) is 0 Å². The van der Waals surface area contributed by atoms with Crippen LogP contribution >= 0.6 is 0 Å². The Bertz CT molecular complexity index is 344. The lowest BCUT2D eigenvalue weighted by Crippen LogP contribution is -2.19. The van der Waals surface area contributed by atoms with Gasteiger partial charge in [0.2, 0.25) is 0 Å². The Morgan fingerprint density at radius 2 is 2.24 bits per heavy atom. The van der Waals surface area contributed by atoms with Gasteiger partial charge < -0.3 is 10.1 Å². The third-order valence-electron chi connectivity index (χ3n) is 2.56. The van der Waals surface area contributed by atoms with Crippen LogP contribution in [0.25, 0.3) is 0 Å². The molecule has 1 aromatic heterocycles. The molecule has 0 aliphatic heterocycles. The van der Waals surface area contributed by atoms with Crippen molar-refractivity contribution in [3.05, 3.63) is 29.6 Å². The van der Waals surface area contributed by atoms with Gasteiger partial charge in [0.1, 0.15) is 0 Å². The van der Waals surface area contributed by atoms with Gasteiger partial charge in [-0.25, -0.2) is 0 Å². The normalized spacial score (nSPS) is 11.5. The van der Waals surface area contributed by atoms with Crippen LogP contribution in [0.1, 0.15) is 17.8 Å². The van der Waals surface area contributed by atoms with Gasteiger partial charge in [-0.05, 0) is 26.0 Å². The van der Waals surface area contributed by atoms with Gasteiger partial charge in [-0.1, -0.05) is 12.2 Å². The minimum Gasteiger partial charge on any atom is -0.383 e. The Labute approximate surface area is 104 Å². The smallest absolute Gasteiger partial charge is 0.0596 e. The average Bonchev–Trinajstić information content (AvgIpc) is 2.61. The SMILES string of the molecule is COCCNCCC=CCc1cc(C)nn1C. The van der Waals surface area contributed by atoms with E-state index in [2.05, 4.69) is 28.6 Å². The summed E-state index contributed by atoms with van der Waals surface area (Å²) in [5.74, 6) is 0. The zero-order chi connectivity index (χ0) is 12.5. The molecular formula is C13H23N3O. The van der Waals surface area contributed by atoms with Gasteiger partial charge in [-0.3, -0.25) is 4.68 Å². The van der Waals surface area contributed by atoms with Crippen LogP contribution in [0.15, 0.2) is 18.2 Å². The second-order valence-electron chi connectivity index (χ2n) is 4.11. The van der Waals surface area contributed by atoms with Gasteiger partial charge in [0.15, 0.2) is 0 Å². The summed E-state index contributed by atoms with van der Waals surface area (Å²) in [5.41, 5.74) is 2.34. The highest BCUT2D eigenvalue weighted by Crippen LogP contribution is 2.03. The third kappa shape index (κ3) is 5.65. The molecule has 0 spiro atoms. The summed E-state index contributed by atoms with van der Waals surface area (Å²) in [6, 6.07) is 2.13. The van der Waals surface area contributed by atoms with Crippen LogP contribution in [-0.4, -0.2) is 36.6 Å². The van der Waals surface area contributed by atoms with Gasteiger partial charge in [0.05, 0.1) is 12.3 Å². The maximum Gasteiger partial charge on any atom is 0.0596 e. The molecule has 1 heterocycles. The summed E-state index contributed by atoms with van der Waals surface area (Å²) in [7, 11) is 3.71. The number of nitrogens with zero attached hydrogens (tertiary/aromatic N) is 2. The Morgan fingerprint density at radius 3 is 2.88 bits per heavy atom. The van der Waals surface area contributed by atoms with Crippen LogP contribution in [0.3, 0.4) is 0 Å². The number of methoxy groups -OCH3 is 1. The molecule has 4 heteroatoms. The van der Waals surface area contributed by atoms with Gasteiger partial charge in [0, 0.05) is 32.8 Å². The van der Waals surface area contributed by atoms with E-state index in [1.54, 1.807) is 7.11 Å². The third-order valence-corrected chi connectivity index (χ3v) is 2.56. The number of allylic oxidation sites excluding steroid dienone is 1. The lowest BCUT2D eigenvalue weighted by atomic mass is 10.2. The number of rotatable bonds is 8. The minimum absolute atomic E-state index is 0.776. The van der Waals surface area contributed by atoms with Crippen molar-refractivity contribution in [2.75, 3.05) is 26.8 Å². The fourth-order valence-electron chi connectivity index (χ4n) is 1.66. The van der Waals surface area contributed by atoms with Gasteiger partial charge in [-0.2, -0.15) is 5.10 Å². The first kappa shape index (κ1) is 13.9. The van der Waals surface area contributed by atoms with Crippen molar-refractivity contribution in [2.24, 2.45) is 7.05 Å². The van der Waals surface area contributed by atoms with E-state index < -0.39 is 0 Å². The van der Waals surface area contributed by atoms with E-state index in [1.165, 1.54) is 5.69 Å². The Morgan fingerprint density at radius 1 is 1.41 bits per heavy atom. The number of aromatic nitrogens is 2. The van der Waals surface area contributed by atoms with E-state index in [0.717, 1.165) is 38.2 Å². The first-order chi connectivity index (χ1) is 8.24. The summed E-state index contributed by atoms with van der Waals surface area (Å²) in [4.78, 5) is 0. The number of hydrogen-bond donors (Lipinski definition) is 1. The van der Waals surface area contributed by atoms with Gasteiger partial charge >= 0.3 is 0 Å². The van der Waals surface area contributed by atoms with Crippen LogP contribution in [0, 0.1) is 6.92 Å². The van der Waals surface area contributed by atoms with Gasteiger partial charge in [-0.15, -0.1) is 0 Å². The number of nitrogens with one attached hydrogen (secondary N) is 1. The lowest BCUT2D eigenvalue weighted by Gasteiger charge is -2.00. The molecule has 1 N–H and O–H groups in total. The van der Waals surface area contributed by atoms with Crippen molar-refractivity contribution in [1.29, 1.82) is 0 Å². The van der Waals surface area contributed by atoms with E-state index in [-0.39, 0.29) is 0 Å². The molecule has 4 nitrogen and oxygen atoms in total. The first-order valence-electron chi connectivity index (χ1n) is 6.08. The van der Waals surface area contributed by atoms with E-state index in [0.29, 0.717) is 0 Å². The van der Waals surface area contributed by atoms with Crippen molar-refractivity contribution >= 4 is 0 Å². The molecule has 1 aromatic rings. The highest BCUT2D eigenvalue weighted by atomic mass is 16.5. The summed E-state index contributed by atoms with van der Waals surface area (Å²) in [5, 5.41) is 7.62. The summed E-state index contributed by atoms with van der Waals surface area (Å²) < 4.78 is 6.89. The summed E-state index contributed by atoms with van der Waals surface area (Å²) >= 11 is 0. The lowest BCUT2D eigenvalue weighted by molar-refractivity contribution is 0.199. The molecule has 1 rings (SSSR count). The molecule has 0 bridgehead atoms. The zero-order valence-corrected chi connectivity index (χ0v) is 11.1. The monoisotopic (exact) mass is 237 g/mol. The highest BCUT2D eigenvalue weighted by Gasteiger charge is 1.98. The van der Waals surface area contributed by atoms with Crippen LogP contribution in [0.2, 0.25) is 0 Å². The van der Waals surface area contributed by atoms with Crippen LogP contribution in [0.4, 0.5) is 0 Å². The standard InChI is InChI=1S/C13H23N3O/c1-12-11-13(16(2)15-12)7-5-4-6-8-14-9-10-17-3/h4-5,11,14H,6-10H2,1-3H3. The molecule has 0 atom stereocenters. The molecule has 0 aliphatic rings. The quantitative estimate of drug-likeness (QED) is 0.549. The van der Waals surface area contributed by atoms with Crippen molar-refractivity contribution in [2.45, 2.75) is 19.8 Å². The molecular weight excluding hydrogens is 214 g/mol. The minimum atomic E-state index is 0.776. The molecule has 0 radical (unpaired) electrons. The summed E-state index contributed by atoms with van der Waals surface area (Å²) in [6.45, 7) is 4.72. The second kappa shape index (κ2) is 8.03. The van der Waals surface area contributed by atoms with Crippen LogP contribution < -0.4 is 5.32 Å². The number of hydrogen-bond acceptors (Lipinski definition) is 3. The Balaban J connectivity index is 2.12. The van der Waals surface area contributed by atoms with E-state index >= 15 is 0 Å². The average molecular weight is 237 g/mol. The second-order valence-corrected chi connectivity index (χ2v) is 4.11. The predicted octanol–water partition coefficient (Wildman–Crippen LogP) is 1.45. The molecule has 0 saturated heterocycles. The van der Waals surface area contributed by atoms with Crippen molar-refractivity contribution in [3.63, 3.8) is 0 Å². The highest BCUT2D eigenvalue weighted by molar-refractivity contribution is 5.11. The molecule has 0 saturated carbocycles. The molecule has 0 aromatic carbocycles. The zero-order valence-electron chi connectivity index (χ0n) is 11.1. The molecule has 0 amide bonds. The molecule has 0 unspecified atom stereocenters. The fraction of sp³-hybridized carbons (Fsp3) is 0.615. The number of ether oxygens (including phenoxy) is 1. The van der Waals surface area contributed by atoms with Crippen molar-refractivity contribution < 1.29 is 4.74 Å². The number of aryl methyl sites for hydroxylation is 2. The van der Waals surface area contributed by atoms with E-state index in [1.807, 2.05) is 18.7 Å². The topological polar surface area (TPSA) is 39.1 Å². The summed E-state index contributed by atoms with van der Waals surface area (Å²) in [6.07, 6.45) is 6.42. The Hall–Kier alpha value is -1.13. The first-order valence-corrected chi connectivity index (χ1v) is 6.08.